The molecule has 1 aromatic carbocycles. The van der Waals surface area contributed by atoms with Crippen LogP contribution in [0.4, 0.5) is 0 Å². The predicted octanol–water partition coefficient (Wildman–Crippen LogP) is 2.84. The van der Waals surface area contributed by atoms with Crippen LogP contribution in [0.3, 0.4) is 0 Å². The van der Waals surface area contributed by atoms with Crippen LogP contribution < -0.4 is 10.6 Å². The molecule has 19 heavy (non-hydrogen) atoms. The monoisotopic (exact) mass is 272 g/mol. The van der Waals surface area contributed by atoms with E-state index in [0.717, 1.165) is 18.7 Å². The Morgan fingerprint density at radius 2 is 2.16 bits per heavy atom. The summed E-state index contributed by atoms with van der Waals surface area (Å²) in [5, 5.41) is 8.35. The molecule has 1 aromatic heterocycles. The van der Waals surface area contributed by atoms with E-state index < -0.39 is 0 Å². The van der Waals surface area contributed by atoms with Gasteiger partial charge >= 0.3 is 0 Å². The lowest BCUT2D eigenvalue weighted by atomic mass is 10.1. The molecular formula is C15H16N2OS. The molecule has 3 rings (SSSR count). The van der Waals surface area contributed by atoms with Gasteiger partial charge in [-0.25, -0.2) is 0 Å². The van der Waals surface area contributed by atoms with Gasteiger partial charge in [0.2, 0.25) is 0 Å². The molecule has 1 aliphatic heterocycles. The molecule has 0 radical (unpaired) electrons. The molecule has 4 heteroatoms. The molecule has 1 amide bonds. The van der Waals surface area contributed by atoms with E-state index >= 15 is 0 Å². The predicted molar refractivity (Wildman–Crippen MR) is 77.2 cm³/mol. The molecule has 0 bridgehead atoms. The van der Waals surface area contributed by atoms with Gasteiger partial charge in [-0.1, -0.05) is 12.1 Å². The van der Waals surface area contributed by atoms with E-state index in [1.54, 1.807) is 11.3 Å². The minimum Gasteiger partial charge on any atom is -0.345 e. The van der Waals surface area contributed by atoms with Crippen molar-refractivity contribution in [2.45, 2.75) is 26.1 Å². The van der Waals surface area contributed by atoms with Gasteiger partial charge in [-0.05, 0) is 41.6 Å². The lowest BCUT2D eigenvalue weighted by Gasteiger charge is -2.12. The molecule has 0 unspecified atom stereocenters. The van der Waals surface area contributed by atoms with E-state index in [9.17, 15) is 4.79 Å². The van der Waals surface area contributed by atoms with E-state index in [2.05, 4.69) is 10.6 Å². The smallest absolute Gasteiger partial charge is 0.251 e. The summed E-state index contributed by atoms with van der Waals surface area (Å²) in [6.07, 6.45) is 0. The van der Waals surface area contributed by atoms with Gasteiger partial charge in [0.15, 0.2) is 0 Å². The molecule has 2 N–H and O–H groups in total. The van der Waals surface area contributed by atoms with Gasteiger partial charge in [0, 0.05) is 23.5 Å². The normalized spacial score (nSPS) is 15.0. The minimum atomic E-state index is -0.00407. The van der Waals surface area contributed by atoms with Crippen molar-refractivity contribution in [2.24, 2.45) is 0 Å². The zero-order valence-electron chi connectivity index (χ0n) is 10.8. The standard InChI is InChI=1S/C15H16N2OS/c1-10(14-3-2-6-19-14)17-15(18)11-4-5-12-8-16-9-13(12)7-11/h2-7,10,16H,8-9H2,1H3,(H,17,18)/t10-/m1/s1. The second-order valence-corrected chi connectivity index (χ2v) is 5.78. The largest absolute Gasteiger partial charge is 0.345 e. The first kappa shape index (κ1) is 12.4. The lowest BCUT2D eigenvalue weighted by molar-refractivity contribution is 0.0940. The van der Waals surface area contributed by atoms with Crippen LogP contribution in [0.1, 0.15) is 39.3 Å². The van der Waals surface area contributed by atoms with Crippen LogP contribution in [0.25, 0.3) is 0 Å². The maximum Gasteiger partial charge on any atom is 0.251 e. The molecule has 1 atom stereocenters. The fraction of sp³-hybridized carbons (Fsp3) is 0.267. The topological polar surface area (TPSA) is 41.1 Å². The number of carbonyl (C=O) groups excluding carboxylic acids is 1. The highest BCUT2D eigenvalue weighted by atomic mass is 32.1. The quantitative estimate of drug-likeness (QED) is 0.902. The third kappa shape index (κ3) is 2.55. The summed E-state index contributed by atoms with van der Waals surface area (Å²) in [4.78, 5) is 13.4. The number of rotatable bonds is 3. The molecule has 0 fully saturated rings. The second kappa shape index (κ2) is 5.15. The van der Waals surface area contributed by atoms with Crippen molar-refractivity contribution in [1.82, 2.24) is 10.6 Å². The van der Waals surface area contributed by atoms with Crippen molar-refractivity contribution in [3.05, 3.63) is 57.3 Å². The molecule has 0 saturated carbocycles. The molecule has 1 aliphatic rings. The fourth-order valence-electron chi connectivity index (χ4n) is 2.32. The summed E-state index contributed by atoms with van der Waals surface area (Å²) in [6.45, 7) is 3.78. The third-order valence-electron chi connectivity index (χ3n) is 3.42. The number of nitrogens with one attached hydrogen (secondary N) is 2. The Bertz CT molecular complexity index is 592. The summed E-state index contributed by atoms with van der Waals surface area (Å²) < 4.78 is 0. The molecule has 3 nitrogen and oxygen atoms in total. The summed E-state index contributed by atoms with van der Waals surface area (Å²) in [6, 6.07) is 10.0. The van der Waals surface area contributed by atoms with Crippen LogP contribution in [0.2, 0.25) is 0 Å². The van der Waals surface area contributed by atoms with E-state index in [1.165, 1.54) is 16.0 Å². The average Bonchev–Trinajstić information content (AvgIpc) is 3.09. The highest BCUT2D eigenvalue weighted by Crippen LogP contribution is 2.20. The van der Waals surface area contributed by atoms with Crippen molar-refractivity contribution < 1.29 is 4.79 Å². The fourth-order valence-corrected chi connectivity index (χ4v) is 3.06. The zero-order valence-corrected chi connectivity index (χ0v) is 11.6. The summed E-state index contributed by atoms with van der Waals surface area (Å²) in [5.41, 5.74) is 3.27. The Morgan fingerprint density at radius 1 is 1.32 bits per heavy atom. The van der Waals surface area contributed by atoms with E-state index in [-0.39, 0.29) is 11.9 Å². The maximum absolute atomic E-state index is 12.2. The van der Waals surface area contributed by atoms with Crippen molar-refractivity contribution in [1.29, 1.82) is 0 Å². The number of amides is 1. The first-order chi connectivity index (χ1) is 9.24. The number of benzene rings is 1. The molecule has 98 valence electrons. The number of hydrogen-bond donors (Lipinski definition) is 2. The van der Waals surface area contributed by atoms with Crippen LogP contribution in [-0.4, -0.2) is 5.91 Å². The highest BCUT2D eigenvalue weighted by molar-refractivity contribution is 7.10. The molecule has 0 spiro atoms. The summed E-state index contributed by atoms with van der Waals surface area (Å²) in [7, 11) is 0. The van der Waals surface area contributed by atoms with E-state index in [4.69, 9.17) is 0 Å². The zero-order chi connectivity index (χ0) is 13.2. The molecule has 0 aliphatic carbocycles. The van der Waals surface area contributed by atoms with Crippen LogP contribution in [-0.2, 0) is 13.1 Å². The van der Waals surface area contributed by atoms with Crippen LogP contribution in [0.15, 0.2) is 35.7 Å². The number of fused-ring (bicyclic) bond motifs is 1. The van der Waals surface area contributed by atoms with Gasteiger partial charge in [-0.3, -0.25) is 4.79 Å². The van der Waals surface area contributed by atoms with E-state index in [1.807, 2.05) is 42.6 Å². The third-order valence-corrected chi connectivity index (χ3v) is 4.47. The van der Waals surface area contributed by atoms with Gasteiger partial charge in [0.1, 0.15) is 0 Å². The minimum absolute atomic E-state index is 0.00407. The SMILES string of the molecule is C[C@@H](NC(=O)c1ccc2c(c1)CNC2)c1cccs1. The summed E-state index contributed by atoms with van der Waals surface area (Å²) >= 11 is 1.66. The van der Waals surface area contributed by atoms with Crippen molar-refractivity contribution in [3.8, 4) is 0 Å². The van der Waals surface area contributed by atoms with Crippen molar-refractivity contribution >= 4 is 17.2 Å². The van der Waals surface area contributed by atoms with Crippen molar-refractivity contribution in [2.75, 3.05) is 0 Å². The number of carbonyl (C=O) groups is 1. The van der Waals surface area contributed by atoms with E-state index in [0.29, 0.717) is 0 Å². The Kier molecular flexibility index (Phi) is 3.36. The van der Waals surface area contributed by atoms with Gasteiger partial charge in [0.05, 0.1) is 6.04 Å². The Hall–Kier alpha value is -1.65. The number of hydrogen-bond acceptors (Lipinski definition) is 3. The Labute approximate surface area is 116 Å². The molecule has 2 aromatic rings. The maximum atomic E-state index is 12.2. The molecule has 0 saturated heterocycles. The first-order valence-electron chi connectivity index (χ1n) is 6.41. The second-order valence-electron chi connectivity index (χ2n) is 4.80. The van der Waals surface area contributed by atoms with Gasteiger partial charge in [-0.2, -0.15) is 0 Å². The Balaban J connectivity index is 1.74. The Morgan fingerprint density at radius 3 is 2.95 bits per heavy atom. The van der Waals surface area contributed by atoms with Gasteiger partial charge < -0.3 is 10.6 Å². The number of thiophene rings is 1. The first-order valence-corrected chi connectivity index (χ1v) is 7.29. The van der Waals surface area contributed by atoms with Gasteiger partial charge in [-0.15, -0.1) is 11.3 Å². The lowest BCUT2D eigenvalue weighted by Crippen LogP contribution is -2.26. The average molecular weight is 272 g/mol. The van der Waals surface area contributed by atoms with Crippen LogP contribution in [0.5, 0.6) is 0 Å². The molecule has 2 heterocycles. The van der Waals surface area contributed by atoms with Gasteiger partial charge in [0.25, 0.3) is 5.91 Å². The highest BCUT2D eigenvalue weighted by Gasteiger charge is 2.15. The molecular weight excluding hydrogens is 256 g/mol. The van der Waals surface area contributed by atoms with Crippen LogP contribution in [0, 0.1) is 0 Å². The van der Waals surface area contributed by atoms with Crippen LogP contribution >= 0.6 is 11.3 Å². The van der Waals surface area contributed by atoms with Crippen molar-refractivity contribution in [3.63, 3.8) is 0 Å². The summed E-state index contributed by atoms with van der Waals surface area (Å²) in [5.74, 6) is -0.00407.